The van der Waals surface area contributed by atoms with Crippen LogP contribution in [0, 0.1) is 0 Å². The molecule has 0 fully saturated rings. The van der Waals surface area contributed by atoms with Crippen molar-refractivity contribution in [3.05, 3.63) is 12.4 Å². The summed E-state index contributed by atoms with van der Waals surface area (Å²) in [7, 11) is 0. The average molecular weight is 195 g/mol. The van der Waals surface area contributed by atoms with Gasteiger partial charge in [-0.05, 0) is 12.8 Å². The largest absolute Gasteiger partial charge is 0.356 e. The smallest absolute Gasteiger partial charge is 0.202 e. The molecule has 3 heteroatoms. The van der Waals surface area contributed by atoms with Gasteiger partial charge in [0.1, 0.15) is 0 Å². The first-order valence-electron chi connectivity index (χ1n) is 5.63. The van der Waals surface area contributed by atoms with Gasteiger partial charge in [0.25, 0.3) is 0 Å². The van der Waals surface area contributed by atoms with Crippen molar-refractivity contribution in [2.75, 3.05) is 11.9 Å². The number of nitrogens with one attached hydrogen (secondary N) is 1. The Hall–Kier alpha value is -0.990. The van der Waals surface area contributed by atoms with E-state index in [1.807, 2.05) is 12.4 Å². The van der Waals surface area contributed by atoms with Crippen LogP contribution in [0.3, 0.4) is 0 Å². The molecule has 0 atom stereocenters. The van der Waals surface area contributed by atoms with Gasteiger partial charge >= 0.3 is 0 Å². The van der Waals surface area contributed by atoms with Crippen LogP contribution in [0.25, 0.3) is 0 Å². The topological polar surface area (TPSA) is 29.9 Å². The van der Waals surface area contributed by atoms with Crippen LogP contribution in [0.4, 0.5) is 5.95 Å². The van der Waals surface area contributed by atoms with Gasteiger partial charge in [-0.1, -0.05) is 26.7 Å². The molecule has 0 aliphatic carbocycles. The third-order valence-electron chi connectivity index (χ3n) is 2.24. The lowest BCUT2D eigenvalue weighted by Crippen LogP contribution is -2.08. The van der Waals surface area contributed by atoms with Gasteiger partial charge in [-0.2, -0.15) is 0 Å². The van der Waals surface area contributed by atoms with E-state index in [1.165, 1.54) is 19.3 Å². The van der Waals surface area contributed by atoms with Crippen LogP contribution in [-0.2, 0) is 6.54 Å². The molecule has 80 valence electrons. The van der Waals surface area contributed by atoms with E-state index < -0.39 is 0 Å². The van der Waals surface area contributed by atoms with Gasteiger partial charge < -0.3 is 9.88 Å². The van der Waals surface area contributed by atoms with Gasteiger partial charge in [-0.15, -0.1) is 0 Å². The molecule has 1 rings (SSSR count). The number of anilines is 1. The second-order valence-corrected chi connectivity index (χ2v) is 3.58. The molecule has 0 saturated carbocycles. The Morgan fingerprint density at radius 1 is 1.29 bits per heavy atom. The Bertz CT molecular complexity index is 242. The number of unbranched alkanes of at least 4 members (excludes halogenated alkanes) is 2. The van der Waals surface area contributed by atoms with Crippen molar-refractivity contribution in [1.82, 2.24) is 9.55 Å². The Morgan fingerprint density at radius 3 is 2.86 bits per heavy atom. The summed E-state index contributed by atoms with van der Waals surface area (Å²) in [4.78, 5) is 4.28. The number of hydrogen-bond donors (Lipinski definition) is 1. The van der Waals surface area contributed by atoms with Crippen LogP contribution in [0.15, 0.2) is 12.4 Å². The first-order valence-corrected chi connectivity index (χ1v) is 5.63. The van der Waals surface area contributed by atoms with E-state index in [9.17, 15) is 0 Å². The number of imidazole rings is 1. The van der Waals surface area contributed by atoms with Crippen LogP contribution in [0.2, 0.25) is 0 Å². The second kappa shape index (κ2) is 6.46. The average Bonchev–Trinajstić information content (AvgIpc) is 2.61. The SMILES string of the molecule is CCCCCNc1nccn1CCC. The normalized spacial score (nSPS) is 10.4. The molecule has 1 N–H and O–H groups in total. The van der Waals surface area contributed by atoms with Crippen LogP contribution in [-0.4, -0.2) is 16.1 Å². The maximum Gasteiger partial charge on any atom is 0.202 e. The van der Waals surface area contributed by atoms with E-state index in [-0.39, 0.29) is 0 Å². The number of aromatic nitrogens is 2. The highest BCUT2D eigenvalue weighted by Gasteiger charge is 1.99. The Balaban J connectivity index is 2.30. The van der Waals surface area contributed by atoms with Gasteiger partial charge in [0.05, 0.1) is 0 Å². The molecule has 3 nitrogen and oxygen atoms in total. The third-order valence-corrected chi connectivity index (χ3v) is 2.24. The summed E-state index contributed by atoms with van der Waals surface area (Å²) in [5, 5.41) is 3.36. The van der Waals surface area contributed by atoms with E-state index in [0.717, 1.165) is 25.5 Å². The summed E-state index contributed by atoms with van der Waals surface area (Å²) in [5.41, 5.74) is 0. The quantitative estimate of drug-likeness (QED) is 0.678. The first kappa shape index (κ1) is 11.1. The fourth-order valence-corrected chi connectivity index (χ4v) is 1.47. The molecular formula is C11H21N3. The molecule has 0 aromatic carbocycles. The second-order valence-electron chi connectivity index (χ2n) is 3.58. The van der Waals surface area contributed by atoms with Gasteiger partial charge in [0.15, 0.2) is 0 Å². The molecule has 1 aromatic rings. The van der Waals surface area contributed by atoms with Gasteiger partial charge in [0, 0.05) is 25.5 Å². The number of rotatable bonds is 7. The lowest BCUT2D eigenvalue weighted by Gasteiger charge is -2.07. The van der Waals surface area contributed by atoms with Crippen molar-refractivity contribution in [3.8, 4) is 0 Å². The highest BCUT2D eigenvalue weighted by atomic mass is 15.2. The van der Waals surface area contributed by atoms with Gasteiger partial charge in [-0.25, -0.2) is 4.98 Å². The Labute approximate surface area is 86.5 Å². The molecular weight excluding hydrogens is 174 g/mol. The van der Waals surface area contributed by atoms with Crippen molar-refractivity contribution in [3.63, 3.8) is 0 Å². The van der Waals surface area contributed by atoms with Crippen LogP contribution >= 0.6 is 0 Å². The van der Waals surface area contributed by atoms with E-state index in [0.29, 0.717) is 0 Å². The van der Waals surface area contributed by atoms with E-state index in [2.05, 4.69) is 28.7 Å². The minimum Gasteiger partial charge on any atom is -0.356 e. The lowest BCUT2D eigenvalue weighted by molar-refractivity contribution is 0.675. The van der Waals surface area contributed by atoms with E-state index in [1.54, 1.807) is 0 Å². The number of nitrogens with zero attached hydrogens (tertiary/aromatic N) is 2. The van der Waals surface area contributed by atoms with Gasteiger partial charge in [-0.3, -0.25) is 0 Å². The molecule has 0 spiro atoms. The molecule has 1 heterocycles. The highest BCUT2D eigenvalue weighted by Crippen LogP contribution is 2.05. The Morgan fingerprint density at radius 2 is 2.14 bits per heavy atom. The predicted molar refractivity (Wildman–Crippen MR) is 60.5 cm³/mol. The summed E-state index contributed by atoms with van der Waals surface area (Å²) >= 11 is 0. The lowest BCUT2D eigenvalue weighted by atomic mass is 10.2. The minimum atomic E-state index is 1.02. The molecule has 0 aliphatic heterocycles. The molecule has 0 unspecified atom stereocenters. The summed E-state index contributed by atoms with van der Waals surface area (Å²) in [6, 6.07) is 0. The van der Waals surface area contributed by atoms with Crippen molar-refractivity contribution in [2.24, 2.45) is 0 Å². The fourth-order valence-electron chi connectivity index (χ4n) is 1.47. The zero-order chi connectivity index (χ0) is 10.2. The molecule has 0 aliphatic rings. The van der Waals surface area contributed by atoms with Crippen LogP contribution in [0.5, 0.6) is 0 Å². The van der Waals surface area contributed by atoms with Crippen molar-refractivity contribution < 1.29 is 0 Å². The Kier molecular flexibility index (Phi) is 5.12. The molecule has 0 amide bonds. The standard InChI is InChI=1S/C11H21N3/c1-3-5-6-7-12-11-13-8-10-14(11)9-4-2/h8,10H,3-7,9H2,1-2H3,(H,12,13). The molecule has 0 saturated heterocycles. The number of aryl methyl sites for hydroxylation is 1. The highest BCUT2D eigenvalue weighted by molar-refractivity contribution is 5.25. The van der Waals surface area contributed by atoms with Crippen LogP contribution < -0.4 is 5.32 Å². The summed E-state index contributed by atoms with van der Waals surface area (Å²) in [6.07, 6.45) is 8.84. The first-order chi connectivity index (χ1) is 6.88. The van der Waals surface area contributed by atoms with Crippen molar-refractivity contribution in [1.29, 1.82) is 0 Å². The monoisotopic (exact) mass is 195 g/mol. The minimum absolute atomic E-state index is 1.02. The predicted octanol–water partition coefficient (Wildman–Crippen LogP) is 2.90. The third kappa shape index (κ3) is 3.40. The molecule has 14 heavy (non-hydrogen) atoms. The maximum absolute atomic E-state index is 4.28. The summed E-state index contributed by atoms with van der Waals surface area (Å²) in [6.45, 7) is 6.49. The molecule has 0 radical (unpaired) electrons. The van der Waals surface area contributed by atoms with Crippen LogP contribution in [0.1, 0.15) is 39.5 Å². The zero-order valence-corrected chi connectivity index (χ0v) is 9.29. The number of hydrogen-bond acceptors (Lipinski definition) is 2. The maximum atomic E-state index is 4.28. The summed E-state index contributed by atoms with van der Waals surface area (Å²) < 4.78 is 2.17. The van der Waals surface area contributed by atoms with Crippen molar-refractivity contribution in [2.45, 2.75) is 46.1 Å². The van der Waals surface area contributed by atoms with Gasteiger partial charge in [0.2, 0.25) is 5.95 Å². The molecule has 1 aromatic heterocycles. The zero-order valence-electron chi connectivity index (χ0n) is 9.29. The van der Waals surface area contributed by atoms with E-state index >= 15 is 0 Å². The van der Waals surface area contributed by atoms with E-state index in [4.69, 9.17) is 0 Å². The fraction of sp³-hybridized carbons (Fsp3) is 0.727. The molecule has 0 bridgehead atoms. The summed E-state index contributed by atoms with van der Waals surface area (Å²) in [5.74, 6) is 1.02. The van der Waals surface area contributed by atoms with Crippen molar-refractivity contribution >= 4 is 5.95 Å².